The summed E-state index contributed by atoms with van der Waals surface area (Å²) in [4.78, 5) is 12.0. The largest absolute Gasteiger partial charge is 0.394 e. The highest BCUT2D eigenvalue weighted by Crippen LogP contribution is 2.15. The zero-order valence-electron chi connectivity index (χ0n) is 11.1. The Bertz CT molecular complexity index is 477. The van der Waals surface area contributed by atoms with Crippen LogP contribution < -0.4 is 11.1 Å². The van der Waals surface area contributed by atoms with Gasteiger partial charge in [0.05, 0.1) is 25.4 Å². The maximum Gasteiger partial charge on any atom is 0.242 e. The van der Waals surface area contributed by atoms with Gasteiger partial charge in [0, 0.05) is 0 Å². The lowest BCUT2D eigenvalue weighted by atomic mass is 9.99. The van der Waals surface area contributed by atoms with Gasteiger partial charge in [0.2, 0.25) is 5.91 Å². The number of amides is 1. The van der Waals surface area contributed by atoms with Gasteiger partial charge in [0.1, 0.15) is 17.5 Å². The quantitative estimate of drug-likeness (QED) is 0.672. The van der Waals surface area contributed by atoms with E-state index in [2.05, 4.69) is 10.4 Å². The van der Waals surface area contributed by atoms with Gasteiger partial charge in [-0.05, 0) is 5.92 Å². The van der Waals surface area contributed by atoms with Crippen LogP contribution in [0.4, 0.5) is 5.82 Å². The second kappa shape index (κ2) is 6.87. The van der Waals surface area contributed by atoms with E-state index in [1.807, 2.05) is 19.9 Å². The number of nitriles is 1. The van der Waals surface area contributed by atoms with E-state index in [0.717, 1.165) is 6.42 Å². The van der Waals surface area contributed by atoms with E-state index in [-0.39, 0.29) is 36.4 Å². The molecule has 0 bridgehead atoms. The Hall–Kier alpha value is -1.91. The highest BCUT2D eigenvalue weighted by Gasteiger charge is 2.22. The molecule has 0 saturated carbocycles. The van der Waals surface area contributed by atoms with Crippen molar-refractivity contribution >= 4 is 11.7 Å². The van der Waals surface area contributed by atoms with Crippen LogP contribution in [0.3, 0.4) is 0 Å². The maximum absolute atomic E-state index is 12.0. The summed E-state index contributed by atoms with van der Waals surface area (Å²) in [6, 6.07) is 1.30. The van der Waals surface area contributed by atoms with Gasteiger partial charge in [0.15, 0.2) is 0 Å². The monoisotopic (exact) mass is 265 g/mol. The average molecular weight is 265 g/mol. The lowest BCUT2D eigenvalue weighted by Crippen LogP contribution is -2.41. The Morgan fingerprint density at radius 2 is 2.42 bits per heavy atom. The summed E-state index contributed by atoms with van der Waals surface area (Å²) < 4.78 is 1.37. The van der Waals surface area contributed by atoms with E-state index in [1.165, 1.54) is 10.9 Å². The van der Waals surface area contributed by atoms with Gasteiger partial charge in [-0.1, -0.05) is 20.3 Å². The fourth-order valence-electron chi connectivity index (χ4n) is 1.58. The zero-order valence-corrected chi connectivity index (χ0v) is 11.1. The minimum Gasteiger partial charge on any atom is -0.394 e. The van der Waals surface area contributed by atoms with Gasteiger partial charge < -0.3 is 16.2 Å². The fraction of sp³-hybridized carbons (Fsp3) is 0.583. The molecule has 0 aromatic carbocycles. The van der Waals surface area contributed by atoms with Crippen LogP contribution in [-0.4, -0.2) is 33.4 Å². The molecule has 1 aromatic rings. The predicted octanol–water partition coefficient (Wildman–Crippen LogP) is 0.0590. The second-order valence-corrected chi connectivity index (χ2v) is 4.37. The molecule has 0 aliphatic carbocycles. The van der Waals surface area contributed by atoms with Crippen molar-refractivity contribution in [1.29, 1.82) is 5.26 Å². The minimum atomic E-state index is -0.644. The molecular formula is C12H19N5O2. The van der Waals surface area contributed by atoms with Gasteiger partial charge in [-0.15, -0.1) is 0 Å². The first kappa shape index (κ1) is 15.1. The summed E-state index contributed by atoms with van der Waals surface area (Å²) in [5.74, 6) is -0.0365. The number of aliphatic hydroxyl groups is 1. The molecular weight excluding hydrogens is 246 g/mol. The molecule has 0 spiro atoms. The lowest BCUT2D eigenvalue weighted by Gasteiger charge is -2.18. The Morgan fingerprint density at radius 1 is 1.74 bits per heavy atom. The molecule has 4 N–H and O–H groups in total. The first-order valence-electron chi connectivity index (χ1n) is 6.18. The number of aromatic nitrogens is 2. The van der Waals surface area contributed by atoms with Crippen LogP contribution in [-0.2, 0) is 11.3 Å². The fourth-order valence-corrected chi connectivity index (χ4v) is 1.58. The van der Waals surface area contributed by atoms with Crippen molar-refractivity contribution in [2.45, 2.75) is 32.9 Å². The van der Waals surface area contributed by atoms with Gasteiger partial charge in [0.25, 0.3) is 0 Å². The molecule has 0 fully saturated rings. The summed E-state index contributed by atoms with van der Waals surface area (Å²) in [7, 11) is 0. The minimum absolute atomic E-state index is 0.0414. The van der Waals surface area contributed by atoms with Crippen LogP contribution in [0.15, 0.2) is 6.20 Å². The molecule has 0 saturated heterocycles. The van der Waals surface area contributed by atoms with Crippen molar-refractivity contribution in [3.63, 3.8) is 0 Å². The number of carbonyl (C=O) groups excluding carboxylic acids is 1. The molecule has 7 nitrogen and oxygen atoms in total. The molecule has 0 aliphatic heterocycles. The summed E-state index contributed by atoms with van der Waals surface area (Å²) >= 11 is 0. The number of hydrogen-bond acceptors (Lipinski definition) is 5. The molecule has 1 aromatic heterocycles. The van der Waals surface area contributed by atoms with Gasteiger partial charge >= 0.3 is 0 Å². The summed E-state index contributed by atoms with van der Waals surface area (Å²) in [6.45, 7) is 3.91. The number of hydrogen-bond donors (Lipinski definition) is 3. The highest BCUT2D eigenvalue weighted by atomic mass is 16.3. The van der Waals surface area contributed by atoms with Crippen molar-refractivity contribution in [3.8, 4) is 6.07 Å². The molecule has 19 heavy (non-hydrogen) atoms. The van der Waals surface area contributed by atoms with E-state index < -0.39 is 6.04 Å². The molecule has 1 unspecified atom stereocenters. The molecule has 7 heteroatoms. The zero-order chi connectivity index (χ0) is 14.4. The first-order chi connectivity index (χ1) is 9.04. The van der Waals surface area contributed by atoms with Crippen LogP contribution in [0.2, 0.25) is 0 Å². The topological polar surface area (TPSA) is 117 Å². The Balaban J connectivity index is 2.89. The highest BCUT2D eigenvalue weighted by molar-refractivity contribution is 5.95. The molecule has 104 valence electrons. The van der Waals surface area contributed by atoms with E-state index in [4.69, 9.17) is 16.1 Å². The Labute approximate surface area is 112 Å². The number of anilines is 1. The van der Waals surface area contributed by atoms with E-state index in [0.29, 0.717) is 0 Å². The number of aliphatic hydroxyl groups excluding tert-OH is 1. The van der Waals surface area contributed by atoms with Crippen LogP contribution in [0, 0.1) is 17.2 Å². The standard InChI is InChI=1S/C12H19N5O2/c1-3-8(2)10(14)12(19)16-11-9(6-13)7-15-17(11)4-5-18/h7-8,10,18H,3-5,14H2,1-2H3,(H,16,19)/t8?,10-/m0/s1. The second-order valence-electron chi connectivity index (χ2n) is 4.37. The molecule has 1 heterocycles. The Morgan fingerprint density at radius 3 is 2.95 bits per heavy atom. The number of rotatable bonds is 6. The maximum atomic E-state index is 12.0. The Kier molecular flexibility index (Phi) is 5.48. The predicted molar refractivity (Wildman–Crippen MR) is 70.1 cm³/mol. The van der Waals surface area contributed by atoms with Crippen molar-refractivity contribution in [2.75, 3.05) is 11.9 Å². The van der Waals surface area contributed by atoms with Crippen LogP contribution in [0.5, 0.6) is 0 Å². The molecule has 0 aliphatic rings. The third-order valence-corrected chi connectivity index (χ3v) is 3.07. The van der Waals surface area contributed by atoms with Gasteiger partial charge in [-0.25, -0.2) is 4.68 Å². The third-order valence-electron chi connectivity index (χ3n) is 3.07. The smallest absolute Gasteiger partial charge is 0.242 e. The van der Waals surface area contributed by atoms with E-state index in [9.17, 15) is 4.79 Å². The van der Waals surface area contributed by atoms with Crippen LogP contribution >= 0.6 is 0 Å². The normalized spacial score (nSPS) is 13.6. The summed E-state index contributed by atoms with van der Waals surface area (Å²) in [5.41, 5.74) is 6.08. The third kappa shape index (κ3) is 3.53. The number of nitrogens with zero attached hydrogens (tertiary/aromatic N) is 3. The molecule has 1 rings (SSSR count). The van der Waals surface area contributed by atoms with Crippen molar-refractivity contribution < 1.29 is 9.90 Å². The van der Waals surface area contributed by atoms with Gasteiger partial charge in [-0.3, -0.25) is 4.79 Å². The molecule has 1 amide bonds. The van der Waals surface area contributed by atoms with Crippen LogP contribution in [0.1, 0.15) is 25.8 Å². The van der Waals surface area contributed by atoms with Crippen LogP contribution in [0.25, 0.3) is 0 Å². The van der Waals surface area contributed by atoms with E-state index in [1.54, 1.807) is 0 Å². The number of nitrogens with one attached hydrogen (secondary N) is 1. The summed E-state index contributed by atoms with van der Waals surface area (Å²) in [6.07, 6.45) is 2.13. The molecule has 0 radical (unpaired) electrons. The van der Waals surface area contributed by atoms with Crippen molar-refractivity contribution in [2.24, 2.45) is 11.7 Å². The number of carbonyl (C=O) groups is 1. The summed E-state index contributed by atoms with van der Waals surface area (Å²) in [5, 5.41) is 24.4. The molecule has 2 atom stereocenters. The van der Waals surface area contributed by atoms with E-state index >= 15 is 0 Å². The van der Waals surface area contributed by atoms with Crippen molar-refractivity contribution in [1.82, 2.24) is 9.78 Å². The SMILES string of the molecule is CCC(C)[C@H](N)C(=O)Nc1c(C#N)cnn1CCO. The first-order valence-corrected chi connectivity index (χ1v) is 6.18. The van der Waals surface area contributed by atoms with Crippen molar-refractivity contribution in [3.05, 3.63) is 11.8 Å². The van der Waals surface area contributed by atoms with Gasteiger partial charge in [-0.2, -0.15) is 10.4 Å². The lowest BCUT2D eigenvalue weighted by molar-refractivity contribution is -0.118. The average Bonchev–Trinajstić information content (AvgIpc) is 2.79. The number of nitrogens with two attached hydrogens (primary N) is 1.